The van der Waals surface area contributed by atoms with Crippen LogP contribution in [0.15, 0.2) is 72.5 Å². The van der Waals surface area contributed by atoms with Crippen molar-refractivity contribution in [2.24, 2.45) is 22.7 Å². The van der Waals surface area contributed by atoms with E-state index in [1.807, 2.05) is 54.1 Å². The predicted molar refractivity (Wildman–Crippen MR) is 138 cm³/mol. The SMILES string of the molecule is C[C@]12CC[C@@H](O)[C@@](C)(CO)C1CCC1(CO1)C2C=CC1=CC(=Cc2ccc(-n3ccnc3)cc2)OC1=O. The molecule has 2 saturated carbocycles. The number of allylic oxidation sites excluding steroid dienone is 1. The summed E-state index contributed by atoms with van der Waals surface area (Å²) in [6.45, 7) is 4.97. The number of fused-ring (bicyclic) bond motifs is 1. The molecule has 0 radical (unpaired) electrons. The number of benzene rings is 1. The first-order valence-electron chi connectivity index (χ1n) is 13.1. The van der Waals surface area contributed by atoms with Gasteiger partial charge in [-0.2, -0.15) is 0 Å². The third kappa shape index (κ3) is 4.00. The van der Waals surface area contributed by atoms with Gasteiger partial charge in [0.25, 0.3) is 0 Å². The van der Waals surface area contributed by atoms with Crippen LogP contribution in [0.4, 0.5) is 0 Å². The summed E-state index contributed by atoms with van der Waals surface area (Å²) in [5.74, 6) is 0.414. The minimum Gasteiger partial charge on any atom is -0.423 e. The van der Waals surface area contributed by atoms with E-state index in [0.29, 0.717) is 24.4 Å². The van der Waals surface area contributed by atoms with Crippen molar-refractivity contribution >= 4 is 12.0 Å². The summed E-state index contributed by atoms with van der Waals surface area (Å²) in [7, 11) is 0. The summed E-state index contributed by atoms with van der Waals surface area (Å²) in [4.78, 5) is 16.8. The molecule has 1 spiro atoms. The first kappa shape index (κ1) is 24.3. The maximum atomic E-state index is 12.7. The zero-order valence-corrected chi connectivity index (χ0v) is 21.3. The van der Waals surface area contributed by atoms with E-state index in [0.717, 1.165) is 30.5 Å². The van der Waals surface area contributed by atoms with Crippen LogP contribution in [0.2, 0.25) is 0 Å². The molecule has 3 unspecified atom stereocenters. The van der Waals surface area contributed by atoms with Gasteiger partial charge in [-0.3, -0.25) is 0 Å². The Morgan fingerprint density at radius 1 is 1.19 bits per heavy atom. The third-order valence-corrected chi connectivity index (χ3v) is 9.52. The number of esters is 1. The monoisotopic (exact) mass is 502 g/mol. The molecule has 1 aromatic carbocycles. The van der Waals surface area contributed by atoms with Crippen LogP contribution in [0.3, 0.4) is 0 Å². The van der Waals surface area contributed by atoms with E-state index in [9.17, 15) is 15.0 Å². The topological polar surface area (TPSA) is 97.1 Å². The molecule has 7 nitrogen and oxygen atoms in total. The number of ether oxygens (including phenoxy) is 2. The summed E-state index contributed by atoms with van der Waals surface area (Å²) in [5, 5.41) is 21.0. The van der Waals surface area contributed by atoms with Crippen molar-refractivity contribution in [3.05, 3.63) is 78.1 Å². The normalized spacial score (nSPS) is 38.2. The fourth-order valence-electron chi connectivity index (χ4n) is 7.25. The standard InChI is InChI=1S/C30H34N2O5/c1-28-11-10-26(34)29(2,17-33)24(28)9-12-30(18-36-30)25(28)8-5-21-16-23(37-27(21)35)15-20-3-6-22(7-4-20)32-14-13-31-19-32/h3-8,13-16,19,24-26,33-34H,9-12,17-18H2,1-2H3/t24?,25?,26-,28+,29+,30?/m1/s1. The lowest BCUT2D eigenvalue weighted by Crippen LogP contribution is -2.60. The molecule has 37 heavy (non-hydrogen) atoms. The third-order valence-electron chi connectivity index (χ3n) is 9.52. The molecule has 2 aliphatic carbocycles. The molecular weight excluding hydrogens is 468 g/mol. The second kappa shape index (κ2) is 8.79. The van der Waals surface area contributed by atoms with Gasteiger partial charge in [0.2, 0.25) is 0 Å². The highest BCUT2D eigenvalue weighted by Crippen LogP contribution is 2.65. The van der Waals surface area contributed by atoms with Gasteiger partial charge in [0.1, 0.15) is 5.76 Å². The van der Waals surface area contributed by atoms with Crippen molar-refractivity contribution in [2.75, 3.05) is 13.2 Å². The molecule has 3 heterocycles. The van der Waals surface area contributed by atoms with Gasteiger partial charge >= 0.3 is 5.97 Å². The Bertz CT molecular complexity index is 1270. The molecule has 4 aliphatic rings. The van der Waals surface area contributed by atoms with E-state index >= 15 is 0 Å². The summed E-state index contributed by atoms with van der Waals surface area (Å²) in [6, 6.07) is 7.94. The Kier molecular flexibility index (Phi) is 5.78. The largest absolute Gasteiger partial charge is 0.423 e. The van der Waals surface area contributed by atoms with E-state index in [4.69, 9.17) is 9.47 Å². The summed E-state index contributed by atoms with van der Waals surface area (Å²) < 4.78 is 13.5. The number of epoxide rings is 1. The lowest BCUT2D eigenvalue weighted by atomic mass is 9.45. The van der Waals surface area contributed by atoms with E-state index in [1.165, 1.54) is 0 Å². The van der Waals surface area contributed by atoms with Gasteiger partial charge in [-0.05, 0) is 66.9 Å². The minimum absolute atomic E-state index is 0.0341. The summed E-state index contributed by atoms with van der Waals surface area (Å²) >= 11 is 0. The zero-order chi connectivity index (χ0) is 25.8. The Labute approximate surface area is 217 Å². The molecule has 0 bridgehead atoms. The quantitative estimate of drug-likeness (QED) is 0.470. The lowest BCUT2D eigenvalue weighted by Gasteiger charge is -2.60. The number of aliphatic hydroxyl groups excluding tert-OH is 2. The maximum Gasteiger partial charge on any atom is 0.343 e. The summed E-state index contributed by atoms with van der Waals surface area (Å²) in [5.41, 5.74) is 1.57. The molecular formula is C30H34N2O5. The molecule has 6 atom stereocenters. The van der Waals surface area contributed by atoms with Crippen LogP contribution in [-0.4, -0.2) is 50.7 Å². The van der Waals surface area contributed by atoms with Gasteiger partial charge in [0.05, 0.1) is 36.8 Å². The van der Waals surface area contributed by atoms with E-state index < -0.39 is 11.5 Å². The Hall–Kier alpha value is -3.00. The number of imidazole rings is 1. The number of carbonyl (C=O) groups is 1. The number of aliphatic hydroxyl groups is 2. The number of nitrogens with zero attached hydrogens (tertiary/aromatic N) is 2. The Morgan fingerprint density at radius 3 is 2.65 bits per heavy atom. The Balaban J connectivity index is 1.24. The predicted octanol–water partition coefficient (Wildman–Crippen LogP) is 4.21. The minimum atomic E-state index is -0.537. The molecule has 0 amide bonds. The van der Waals surface area contributed by atoms with Crippen LogP contribution >= 0.6 is 0 Å². The Morgan fingerprint density at radius 2 is 1.97 bits per heavy atom. The van der Waals surface area contributed by atoms with Gasteiger partial charge in [-0.15, -0.1) is 0 Å². The number of carbonyl (C=O) groups excluding carboxylic acids is 1. The molecule has 1 aromatic heterocycles. The number of aromatic nitrogens is 2. The number of rotatable bonds is 5. The van der Waals surface area contributed by atoms with Crippen molar-refractivity contribution in [2.45, 2.75) is 51.2 Å². The van der Waals surface area contributed by atoms with Gasteiger partial charge in [-0.25, -0.2) is 9.78 Å². The first-order chi connectivity index (χ1) is 17.8. The smallest absolute Gasteiger partial charge is 0.343 e. The lowest BCUT2D eigenvalue weighted by molar-refractivity contribution is -0.167. The van der Waals surface area contributed by atoms with Crippen molar-refractivity contribution < 1.29 is 24.5 Å². The molecule has 194 valence electrons. The van der Waals surface area contributed by atoms with Crippen LogP contribution < -0.4 is 0 Å². The highest BCUT2D eigenvalue weighted by atomic mass is 16.6. The van der Waals surface area contributed by atoms with Crippen LogP contribution in [0.5, 0.6) is 0 Å². The molecule has 3 fully saturated rings. The van der Waals surface area contributed by atoms with Gasteiger partial charge in [0, 0.05) is 29.4 Å². The second-order valence-electron chi connectivity index (χ2n) is 11.6. The van der Waals surface area contributed by atoms with Crippen molar-refractivity contribution in [1.29, 1.82) is 0 Å². The van der Waals surface area contributed by atoms with E-state index in [2.05, 4.69) is 18.0 Å². The first-order valence-corrected chi connectivity index (χ1v) is 13.1. The van der Waals surface area contributed by atoms with E-state index in [-0.39, 0.29) is 35.4 Å². The molecule has 6 rings (SSSR count). The van der Waals surface area contributed by atoms with Crippen LogP contribution in [0, 0.1) is 22.7 Å². The van der Waals surface area contributed by atoms with Crippen LogP contribution in [0.1, 0.15) is 45.1 Å². The fourth-order valence-corrected chi connectivity index (χ4v) is 7.25. The summed E-state index contributed by atoms with van der Waals surface area (Å²) in [6.07, 6.45) is 15.9. The average Bonchev–Trinajstić information content (AvgIpc) is 3.27. The number of hydrogen-bond donors (Lipinski definition) is 2. The molecule has 7 heteroatoms. The number of cyclic esters (lactones) is 1. The molecule has 2 aromatic rings. The van der Waals surface area contributed by atoms with Crippen LogP contribution in [0.25, 0.3) is 11.8 Å². The van der Waals surface area contributed by atoms with Gasteiger partial charge in [0.15, 0.2) is 0 Å². The van der Waals surface area contributed by atoms with Gasteiger partial charge < -0.3 is 24.3 Å². The highest BCUT2D eigenvalue weighted by Gasteiger charge is 2.66. The van der Waals surface area contributed by atoms with Crippen molar-refractivity contribution in [3.8, 4) is 5.69 Å². The zero-order valence-electron chi connectivity index (χ0n) is 21.3. The molecule has 2 aliphatic heterocycles. The van der Waals surface area contributed by atoms with Gasteiger partial charge in [-0.1, -0.05) is 38.1 Å². The maximum absolute atomic E-state index is 12.7. The second-order valence-corrected chi connectivity index (χ2v) is 11.6. The number of hydrogen-bond acceptors (Lipinski definition) is 6. The molecule has 2 N–H and O–H groups in total. The van der Waals surface area contributed by atoms with E-state index in [1.54, 1.807) is 18.6 Å². The fraction of sp³-hybridized carbons (Fsp3) is 0.467. The molecule has 1 saturated heterocycles. The van der Waals surface area contributed by atoms with Crippen molar-refractivity contribution in [3.63, 3.8) is 0 Å². The van der Waals surface area contributed by atoms with Crippen molar-refractivity contribution in [1.82, 2.24) is 9.55 Å². The van der Waals surface area contributed by atoms with Crippen LogP contribution in [-0.2, 0) is 14.3 Å². The average molecular weight is 503 g/mol. The highest BCUT2D eigenvalue weighted by molar-refractivity contribution is 5.96.